The van der Waals surface area contributed by atoms with E-state index < -0.39 is 4.92 Å². The van der Waals surface area contributed by atoms with Gasteiger partial charge in [-0.15, -0.1) is 0 Å². The molecular weight excluding hydrogens is 374 g/mol. The van der Waals surface area contributed by atoms with Gasteiger partial charge in [0.15, 0.2) is 5.17 Å². The summed E-state index contributed by atoms with van der Waals surface area (Å²) in [5.74, 6) is 0.319. The minimum atomic E-state index is -0.543. The molecule has 0 radical (unpaired) electrons. The number of halogens is 1. The van der Waals surface area contributed by atoms with E-state index in [-0.39, 0.29) is 22.2 Å². The van der Waals surface area contributed by atoms with Crippen molar-refractivity contribution in [1.29, 1.82) is 0 Å². The third-order valence-corrected chi connectivity index (χ3v) is 5.30. The Hall–Kier alpha value is -2.38. The van der Waals surface area contributed by atoms with E-state index in [4.69, 9.17) is 11.6 Å². The van der Waals surface area contributed by atoms with Crippen LogP contribution in [0.15, 0.2) is 47.5 Å². The molecule has 0 N–H and O–H groups in total. The van der Waals surface area contributed by atoms with Gasteiger partial charge in [-0.05, 0) is 18.6 Å². The van der Waals surface area contributed by atoms with Crippen LogP contribution < -0.4 is 0 Å². The number of benzene rings is 2. The normalized spacial score (nSPS) is 13.6. The number of rotatable bonds is 4. The maximum atomic E-state index is 12.8. The van der Waals surface area contributed by atoms with Gasteiger partial charge in [-0.2, -0.15) is 0 Å². The second-order valence-electron chi connectivity index (χ2n) is 5.82. The zero-order valence-corrected chi connectivity index (χ0v) is 15.6. The highest BCUT2D eigenvalue weighted by molar-refractivity contribution is 8.13. The predicted octanol–water partition coefficient (Wildman–Crippen LogP) is 4.30. The summed E-state index contributed by atoms with van der Waals surface area (Å²) in [5.41, 5.74) is 2.27. The Balaban J connectivity index is 1.76. The molecule has 26 heavy (non-hydrogen) atoms. The Kier molecular flexibility index (Phi) is 5.58. The first-order valence-corrected chi connectivity index (χ1v) is 9.30. The Morgan fingerprint density at radius 3 is 2.88 bits per heavy atom. The smallest absolute Gasteiger partial charge is 0.270 e. The molecule has 6 nitrogen and oxygen atoms in total. The van der Waals surface area contributed by atoms with Crippen LogP contribution in [0.1, 0.15) is 21.5 Å². The highest BCUT2D eigenvalue weighted by atomic mass is 35.5. The first-order valence-electron chi connectivity index (χ1n) is 7.94. The Labute approximate surface area is 160 Å². The van der Waals surface area contributed by atoms with Crippen LogP contribution in [0.4, 0.5) is 5.69 Å². The molecule has 0 bridgehead atoms. The molecule has 0 aromatic heterocycles. The molecule has 1 aliphatic heterocycles. The van der Waals surface area contributed by atoms with Crippen molar-refractivity contribution < 1.29 is 9.72 Å². The number of nitro benzene ring substituents is 1. The number of aryl methyl sites for hydroxylation is 1. The van der Waals surface area contributed by atoms with E-state index in [0.717, 1.165) is 5.56 Å². The van der Waals surface area contributed by atoms with Gasteiger partial charge in [-0.25, -0.2) is 0 Å². The maximum absolute atomic E-state index is 12.8. The lowest BCUT2D eigenvalue weighted by atomic mass is 10.2. The summed E-state index contributed by atoms with van der Waals surface area (Å²) in [6.45, 7) is 2.98. The number of carbonyl (C=O) groups excluding carboxylic acids is 1. The van der Waals surface area contributed by atoms with E-state index in [0.29, 0.717) is 24.0 Å². The van der Waals surface area contributed by atoms with Crippen LogP contribution in [0.25, 0.3) is 0 Å². The van der Waals surface area contributed by atoms with Crippen LogP contribution in [0.2, 0.25) is 5.02 Å². The molecule has 0 unspecified atom stereocenters. The fraction of sp³-hybridized carbons (Fsp3) is 0.222. The van der Waals surface area contributed by atoms with E-state index in [2.05, 4.69) is 11.1 Å². The number of aliphatic imine (C=N–C) groups is 1. The lowest BCUT2D eigenvalue weighted by Gasteiger charge is -2.18. The summed E-state index contributed by atoms with van der Waals surface area (Å²) >= 11 is 7.57. The molecule has 3 rings (SSSR count). The highest BCUT2D eigenvalue weighted by Gasteiger charge is 2.27. The van der Waals surface area contributed by atoms with Gasteiger partial charge in [0.25, 0.3) is 11.6 Å². The zero-order chi connectivity index (χ0) is 18.7. The molecule has 0 aliphatic carbocycles. The third kappa shape index (κ3) is 4.05. The Bertz CT molecular complexity index is 901. The van der Waals surface area contributed by atoms with Crippen molar-refractivity contribution >= 4 is 40.1 Å². The average Bonchev–Trinajstić information content (AvgIpc) is 3.08. The summed E-state index contributed by atoms with van der Waals surface area (Å²) in [7, 11) is 0. The first-order chi connectivity index (χ1) is 12.5. The van der Waals surface area contributed by atoms with E-state index in [9.17, 15) is 14.9 Å². The molecule has 1 heterocycles. The second-order valence-corrected chi connectivity index (χ2v) is 7.17. The van der Waals surface area contributed by atoms with E-state index >= 15 is 0 Å². The number of hydrogen-bond donors (Lipinski definition) is 0. The topological polar surface area (TPSA) is 75.8 Å². The van der Waals surface area contributed by atoms with E-state index in [1.165, 1.54) is 40.4 Å². The van der Waals surface area contributed by atoms with Crippen molar-refractivity contribution in [2.75, 3.05) is 13.1 Å². The molecule has 0 fully saturated rings. The number of nitro groups is 1. The minimum absolute atomic E-state index is 0.117. The summed E-state index contributed by atoms with van der Waals surface area (Å²) in [6.07, 6.45) is 0. The largest absolute Gasteiger partial charge is 0.286 e. The molecule has 8 heteroatoms. The summed E-state index contributed by atoms with van der Waals surface area (Å²) in [4.78, 5) is 29.2. The molecule has 2 aromatic rings. The molecule has 0 atom stereocenters. The lowest BCUT2D eigenvalue weighted by molar-refractivity contribution is -0.384. The quantitative estimate of drug-likeness (QED) is 0.577. The Morgan fingerprint density at radius 2 is 2.15 bits per heavy atom. The van der Waals surface area contributed by atoms with Gasteiger partial charge in [0.1, 0.15) is 0 Å². The van der Waals surface area contributed by atoms with Gasteiger partial charge in [-0.1, -0.05) is 53.2 Å². The van der Waals surface area contributed by atoms with Gasteiger partial charge in [0.05, 0.1) is 22.1 Å². The van der Waals surface area contributed by atoms with Gasteiger partial charge < -0.3 is 0 Å². The van der Waals surface area contributed by atoms with E-state index in [1.807, 2.05) is 25.1 Å². The van der Waals surface area contributed by atoms with Gasteiger partial charge >= 0.3 is 0 Å². The number of amidine groups is 1. The standard InChI is InChI=1S/C18H16ClN3O3S/c1-12-3-2-4-13(9-12)11-26-18-20-7-8-21(18)17(23)15-10-14(22(24)25)5-6-16(15)19/h2-6,9-10H,7-8,11H2,1H3. The van der Waals surface area contributed by atoms with Crippen LogP contribution >= 0.6 is 23.4 Å². The van der Waals surface area contributed by atoms with Gasteiger partial charge in [0.2, 0.25) is 0 Å². The highest BCUT2D eigenvalue weighted by Crippen LogP contribution is 2.27. The third-order valence-electron chi connectivity index (χ3n) is 3.89. The van der Waals surface area contributed by atoms with Gasteiger partial charge in [-0.3, -0.25) is 24.8 Å². The van der Waals surface area contributed by atoms with Crippen molar-refractivity contribution in [3.05, 3.63) is 74.3 Å². The molecule has 134 valence electrons. The number of non-ortho nitro benzene ring substituents is 1. The molecule has 0 saturated heterocycles. The number of thioether (sulfide) groups is 1. The molecule has 1 amide bonds. The van der Waals surface area contributed by atoms with Crippen molar-refractivity contribution in [2.45, 2.75) is 12.7 Å². The van der Waals surface area contributed by atoms with Gasteiger partial charge in [0, 0.05) is 24.4 Å². The monoisotopic (exact) mass is 389 g/mol. The fourth-order valence-corrected chi connectivity index (χ4v) is 3.81. The summed E-state index contributed by atoms with van der Waals surface area (Å²) in [6, 6.07) is 12.0. The zero-order valence-electron chi connectivity index (χ0n) is 14.0. The SMILES string of the molecule is Cc1cccc(CSC2=NCCN2C(=O)c2cc([N+](=O)[O-])ccc2Cl)c1. The minimum Gasteiger partial charge on any atom is -0.286 e. The average molecular weight is 390 g/mol. The van der Waals surface area contributed by atoms with E-state index in [1.54, 1.807) is 0 Å². The van der Waals surface area contributed by atoms with Crippen molar-refractivity contribution in [3.8, 4) is 0 Å². The number of amides is 1. The maximum Gasteiger partial charge on any atom is 0.270 e. The Morgan fingerprint density at radius 1 is 1.35 bits per heavy atom. The summed E-state index contributed by atoms with van der Waals surface area (Å²) < 4.78 is 0. The van der Waals surface area contributed by atoms with Crippen LogP contribution in [-0.4, -0.2) is 34.0 Å². The molecule has 0 saturated carbocycles. The van der Waals surface area contributed by atoms with Crippen LogP contribution in [-0.2, 0) is 5.75 Å². The van der Waals surface area contributed by atoms with Crippen molar-refractivity contribution in [3.63, 3.8) is 0 Å². The van der Waals surface area contributed by atoms with Crippen molar-refractivity contribution in [2.24, 2.45) is 4.99 Å². The number of nitrogens with zero attached hydrogens (tertiary/aromatic N) is 3. The van der Waals surface area contributed by atoms with Crippen molar-refractivity contribution in [1.82, 2.24) is 4.90 Å². The van der Waals surface area contributed by atoms with Crippen LogP contribution in [0.5, 0.6) is 0 Å². The molecular formula is C18H16ClN3O3S. The number of hydrogen-bond acceptors (Lipinski definition) is 5. The number of carbonyl (C=O) groups is 1. The first kappa shape index (κ1) is 18.4. The lowest BCUT2D eigenvalue weighted by Crippen LogP contribution is -2.33. The second kappa shape index (κ2) is 7.88. The molecule has 1 aliphatic rings. The fourth-order valence-electron chi connectivity index (χ4n) is 2.62. The summed E-state index contributed by atoms with van der Waals surface area (Å²) in [5, 5.41) is 11.8. The van der Waals surface area contributed by atoms with Crippen LogP contribution in [0, 0.1) is 17.0 Å². The van der Waals surface area contributed by atoms with Crippen LogP contribution in [0.3, 0.4) is 0 Å². The molecule has 0 spiro atoms. The molecule has 2 aromatic carbocycles. The predicted molar refractivity (Wildman–Crippen MR) is 104 cm³/mol.